The lowest BCUT2D eigenvalue weighted by molar-refractivity contribution is -0.137. The smallest absolute Gasteiger partial charge is 0.416 e. The molecule has 0 fully saturated rings. The van der Waals surface area contributed by atoms with Crippen LogP contribution < -0.4 is 4.74 Å². The molecule has 1 aromatic heterocycles. The van der Waals surface area contributed by atoms with Crippen molar-refractivity contribution in [2.75, 3.05) is 7.11 Å². The lowest BCUT2D eigenvalue weighted by Crippen LogP contribution is -2.04. The molecule has 0 aliphatic carbocycles. The number of nitrogens with zero attached hydrogens (tertiary/aromatic N) is 1. The molecular formula is C21H16F3NO. The zero-order chi connectivity index (χ0) is 18.6. The number of pyridine rings is 1. The molecule has 2 nitrogen and oxygen atoms in total. The quantitative estimate of drug-likeness (QED) is 0.599. The third-order valence-electron chi connectivity index (χ3n) is 3.90. The van der Waals surface area contributed by atoms with Crippen LogP contribution in [0.15, 0.2) is 72.9 Å². The van der Waals surface area contributed by atoms with Crippen LogP contribution in [-0.4, -0.2) is 12.1 Å². The van der Waals surface area contributed by atoms with Crippen LogP contribution in [-0.2, 0) is 6.18 Å². The molecule has 0 aliphatic rings. The van der Waals surface area contributed by atoms with E-state index in [-0.39, 0.29) is 0 Å². The predicted octanol–water partition coefficient (Wildman–Crippen LogP) is 5.70. The molecule has 0 bridgehead atoms. The molecule has 0 aliphatic heterocycles. The summed E-state index contributed by atoms with van der Waals surface area (Å²) < 4.78 is 43.7. The summed E-state index contributed by atoms with van der Waals surface area (Å²) in [6, 6.07) is 18.0. The van der Waals surface area contributed by atoms with Gasteiger partial charge in [-0.3, -0.25) is 4.98 Å². The molecule has 5 heteroatoms. The van der Waals surface area contributed by atoms with Crippen molar-refractivity contribution >= 4 is 11.6 Å². The highest BCUT2D eigenvalue weighted by atomic mass is 19.4. The second kappa shape index (κ2) is 7.44. The Kier molecular flexibility index (Phi) is 5.07. The van der Waals surface area contributed by atoms with E-state index in [4.69, 9.17) is 4.74 Å². The Morgan fingerprint density at radius 3 is 2.00 bits per heavy atom. The van der Waals surface area contributed by atoms with E-state index in [1.807, 2.05) is 48.5 Å². The Morgan fingerprint density at radius 2 is 1.50 bits per heavy atom. The summed E-state index contributed by atoms with van der Waals surface area (Å²) in [5.74, 6) is 0.707. The standard InChI is InChI=1S/C21H16F3NO/c1-26-19-11-7-16(8-12-19)20(14-18-4-2-3-13-25-18)15-5-9-17(10-6-15)21(22,23)24/h2-14H,1H3/b20-14-. The molecule has 0 atom stereocenters. The third kappa shape index (κ3) is 4.11. The highest BCUT2D eigenvalue weighted by molar-refractivity contribution is 5.91. The highest BCUT2D eigenvalue weighted by Crippen LogP contribution is 2.32. The number of aromatic nitrogens is 1. The van der Waals surface area contributed by atoms with E-state index >= 15 is 0 Å². The summed E-state index contributed by atoms with van der Waals surface area (Å²) in [5.41, 5.74) is 2.36. The number of methoxy groups -OCH3 is 1. The Hall–Kier alpha value is -3.08. The van der Waals surface area contributed by atoms with Crippen molar-refractivity contribution < 1.29 is 17.9 Å². The van der Waals surface area contributed by atoms with Gasteiger partial charge in [0.05, 0.1) is 18.4 Å². The first-order valence-corrected chi connectivity index (χ1v) is 7.92. The van der Waals surface area contributed by atoms with Crippen molar-refractivity contribution in [3.8, 4) is 5.75 Å². The molecule has 3 aromatic rings. The summed E-state index contributed by atoms with van der Waals surface area (Å²) in [5, 5.41) is 0. The summed E-state index contributed by atoms with van der Waals surface area (Å²) in [6.45, 7) is 0. The predicted molar refractivity (Wildman–Crippen MR) is 95.6 cm³/mol. The van der Waals surface area contributed by atoms with Gasteiger partial charge in [0, 0.05) is 6.20 Å². The molecule has 2 aromatic carbocycles. The van der Waals surface area contributed by atoms with Crippen LogP contribution >= 0.6 is 0 Å². The van der Waals surface area contributed by atoms with Crippen LogP contribution in [0.1, 0.15) is 22.4 Å². The molecule has 0 unspecified atom stereocenters. The first-order chi connectivity index (χ1) is 12.5. The number of rotatable bonds is 4. The van der Waals surface area contributed by atoms with E-state index in [1.165, 1.54) is 12.1 Å². The lowest BCUT2D eigenvalue weighted by atomic mass is 9.95. The van der Waals surface area contributed by atoms with Crippen LogP contribution in [0.25, 0.3) is 11.6 Å². The first kappa shape index (κ1) is 17.7. The van der Waals surface area contributed by atoms with E-state index < -0.39 is 11.7 Å². The maximum atomic E-state index is 12.8. The summed E-state index contributed by atoms with van der Waals surface area (Å²) in [4.78, 5) is 4.28. The van der Waals surface area contributed by atoms with Crippen molar-refractivity contribution in [2.45, 2.75) is 6.18 Å². The molecule has 132 valence electrons. The molecule has 0 amide bonds. The molecule has 1 heterocycles. The van der Waals surface area contributed by atoms with E-state index in [9.17, 15) is 13.2 Å². The van der Waals surface area contributed by atoms with Gasteiger partial charge >= 0.3 is 6.18 Å². The summed E-state index contributed by atoms with van der Waals surface area (Å²) in [7, 11) is 1.58. The van der Waals surface area contributed by atoms with Gasteiger partial charge in [0.15, 0.2) is 0 Å². The summed E-state index contributed by atoms with van der Waals surface area (Å²) >= 11 is 0. The van der Waals surface area contributed by atoms with Crippen molar-refractivity contribution in [1.82, 2.24) is 4.98 Å². The maximum absolute atomic E-state index is 12.8. The minimum Gasteiger partial charge on any atom is -0.497 e. The molecule has 26 heavy (non-hydrogen) atoms. The molecule has 0 N–H and O–H groups in total. The van der Waals surface area contributed by atoms with Crippen molar-refractivity contribution in [3.05, 3.63) is 95.3 Å². The SMILES string of the molecule is COc1ccc(/C(=C\c2ccccn2)c2ccc(C(F)(F)F)cc2)cc1. The van der Waals surface area contributed by atoms with Crippen LogP contribution in [0, 0.1) is 0 Å². The van der Waals surface area contributed by atoms with Crippen LogP contribution in [0.2, 0.25) is 0 Å². The molecule has 0 spiro atoms. The Bertz CT molecular complexity index is 883. The minimum absolute atomic E-state index is 0.673. The van der Waals surface area contributed by atoms with Gasteiger partial charge in [-0.25, -0.2) is 0 Å². The lowest BCUT2D eigenvalue weighted by Gasteiger charge is -2.12. The molecule has 0 saturated carbocycles. The Labute approximate surface area is 149 Å². The van der Waals surface area contributed by atoms with Gasteiger partial charge in [-0.05, 0) is 59.2 Å². The zero-order valence-corrected chi connectivity index (χ0v) is 14.0. The van der Waals surface area contributed by atoms with Gasteiger partial charge < -0.3 is 4.74 Å². The van der Waals surface area contributed by atoms with Gasteiger partial charge in [0.1, 0.15) is 5.75 Å². The molecular weight excluding hydrogens is 339 g/mol. The average molecular weight is 355 g/mol. The van der Waals surface area contributed by atoms with E-state index in [0.29, 0.717) is 11.3 Å². The number of ether oxygens (including phenoxy) is 1. The first-order valence-electron chi connectivity index (χ1n) is 7.92. The average Bonchev–Trinajstić information content (AvgIpc) is 2.66. The fourth-order valence-corrected chi connectivity index (χ4v) is 2.55. The number of benzene rings is 2. The zero-order valence-electron chi connectivity index (χ0n) is 14.0. The normalized spacial score (nSPS) is 12.1. The largest absolute Gasteiger partial charge is 0.497 e. The molecule has 0 saturated heterocycles. The number of halogens is 3. The second-order valence-corrected chi connectivity index (χ2v) is 5.62. The minimum atomic E-state index is -4.36. The van der Waals surface area contributed by atoms with E-state index in [2.05, 4.69) is 4.98 Å². The van der Waals surface area contributed by atoms with E-state index in [1.54, 1.807) is 13.3 Å². The van der Waals surface area contributed by atoms with Crippen LogP contribution in [0.4, 0.5) is 13.2 Å². The number of hydrogen-bond acceptors (Lipinski definition) is 2. The fraction of sp³-hybridized carbons (Fsp3) is 0.0952. The van der Waals surface area contributed by atoms with Gasteiger partial charge in [-0.2, -0.15) is 13.2 Å². The van der Waals surface area contributed by atoms with Crippen molar-refractivity contribution in [1.29, 1.82) is 0 Å². The number of hydrogen-bond donors (Lipinski definition) is 0. The van der Waals surface area contributed by atoms with Crippen molar-refractivity contribution in [3.63, 3.8) is 0 Å². The van der Waals surface area contributed by atoms with Gasteiger partial charge in [-0.15, -0.1) is 0 Å². The van der Waals surface area contributed by atoms with Gasteiger partial charge in [-0.1, -0.05) is 30.3 Å². The maximum Gasteiger partial charge on any atom is 0.416 e. The van der Waals surface area contributed by atoms with Gasteiger partial charge in [0.2, 0.25) is 0 Å². The summed E-state index contributed by atoms with van der Waals surface area (Å²) in [6.07, 6.45) is -0.835. The van der Waals surface area contributed by atoms with Crippen LogP contribution in [0.5, 0.6) is 5.75 Å². The van der Waals surface area contributed by atoms with Gasteiger partial charge in [0.25, 0.3) is 0 Å². The van der Waals surface area contributed by atoms with E-state index in [0.717, 1.165) is 29.0 Å². The molecule has 0 radical (unpaired) electrons. The Balaban J connectivity index is 2.07. The highest BCUT2D eigenvalue weighted by Gasteiger charge is 2.30. The van der Waals surface area contributed by atoms with Crippen molar-refractivity contribution in [2.24, 2.45) is 0 Å². The van der Waals surface area contributed by atoms with Crippen LogP contribution in [0.3, 0.4) is 0 Å². The number of alkyl halides is 3. The Morgan fingerprint density at radius 1 is 0.885 bits per heavy atom. The molecule has 3 rings (SSSR count). The monoisotopic (exact) mass is 355 g/mol. The fourth-order valence-electron chi connectivity index (χ4n) is 2.55. The third-order valence-corrected chi connectivity index (χ3v) is 3.90. The second-order valence-electron chi connectivity index (χ2n) is 5.62. The topological polar surface area (TPSA) is 22.1 Å².